The molecule has 1 aromatic rings. The first-order valence-corrected chi connectivity index (χ1v) is 9.01. The number of hydrogen-bond donors (Lipinski definition) is 2. The van der Waals surface area contributed by atoms with Crippen molar-refractivity contribution in [2.75, 3.05) is 13.1 Å². The minimum atomic E-state index is -0.257. The maximum atomic E-state index is 13.9. The minimum absolute atomic E-state index is 0.257. The summed E-state index contributed by atoms with van der Waals surface area (Å²) in [7, 11) is 0. The first-order valence-electron chi connectivity index (χ1n) is 8.07. The average molecular weight is 367 g/mol. The molecule has 7 heteroatoms. The Bertz CT molecular complexity index is 864. The normalized spacial score (nSPS) is 16.7. The fourth-order valence-corrected chi connectivity index (χ4v) is 2.95. The van der Waals surface area contributed by atoms with Crippen LogP contribution in [-0.2, 0) is 6.54 Å². The van der Waals surface area contributed by atoms with Crippen molar-refractivity contribution >= 4 is 34.9 Å². The van der Waals surface area contributed by atoms with Gasteiger partial charge in [0, 0.05) is 35.8 Å². The lowest BCUT2D eigenvalue weighted by molar-refractivity contribution is 0.601. The minimum Gasteiger partial charge on any atom is -0.380 e. The third-order valence-electron chi connectivity index (χ3n) is 3.73. The van der Waals surface area contributed by atoms with E-state index >= 15 is 0 Å². The summed E-state index contributed by atoms with van der Waals surface area (Å²) in [6.07, 6.45) is 6.73. The smallest absolute Gasteiger partial charge is 0.128 e. The summed E-state index contributed by atoms with van der Waals surface area (Å²) >= 11 is 1.48. The molecule has 2 aliphatic rings. The van der Waals surface area contributed by atoms with Crippen molar-refractivity contribution in [1.82, 2.24) is 5.32 Å². The van der Waals surface area contributed by atoms with E-state index in [1.165, 1.54) is 17.8 Å². The fraction of sp³-hybridized carbons (Fsp3) is 0.158. The lowest BCUT2D eigenvalue weighted by Gasteiger charge is -2.16. The van der Waals surface area contributed by atoms with Crippen LogP contribution in [0.1, 0.15) is 5.56 Å². The summed E-state index contributed by atoms with van der Waals surface area (Å²) < 4.78 is 13.9. The predicted octanol–water partition coefficient (Wildman–Crippen LogP) is 3.52. The number of thioether (sulfide) groups is 1. The molecule has 0 aliphatic carbocycles. The molecular weight excluding hydrogens is 349 g/mol. The van der Waals surface area contributed by atoms with E-state index in [0.717, 1.165) is 11.3 Å². The molecule has 0 aromatic heterocycles. The van der Waals surface area contributed by atoms with Gasteiger partial charge in [-0.3, -0.25) is 20.4 Å². The molecule has 132 valence electrons. The summed E-state index contributed by atoms with van der Waals surface area (Å²) in [5.74, 6) is -0.257. The number of nitrogens with zero attached hydrogens (tertiary/aromatic N) is 3. The maximum absolute atomic E-state index is 13.9. The van der Waals surface area contributed by atoms with E-state index in [1.54, 1.807) is 48.3 Å². The number of rotatable bonds is 6. The summed E-state index contributed by atoms with van der Waals surface area (Å²) in [5, 5.41) is 13.6. The van der Waals surface area contributed by atoms with Crippen molar-refractivity contribution in [2.24, 2.45) is 15.0 Å². The zero-order valence-corrected chi connectivity index (χ0v) is 14.8. The molecule has 0 fully saturated rings. The molecule has 0 bridgehead atoms. The van der Waals surface area contributed by atoms with Gasteiger partial charge >= 0.3 is 0 Å². The molecule has 2 heterocycles. The van der Waals surface area contributed by atoms with Crippen LogP contribution in [0.2, 0.25) is 0 Å². The predicted molar refractivity (Wildman–Crippen MR) is 108 cm³/mol. The number of nitrogens with one attached hydrogen (secondary N) is 2. The van der Waals surface area contributed by atoms with Gasteiger partial charge in [0.2, 0.25) is 0 Å². The number of aliphatic imine (C=N–C) groups is 3. The Morgan fingerprint density at radius 3 is 2.96 bits per heavy atom. The van der Waals surface area contributed by atoms with Gasteiger partial charge in [0.15, 0.2) is 0 Å². The molecule has 0 spiro atoms. The van der Waals surface area contributed by atoms with Crippen LogP contribution in [0.25, 0.3) is 0 Å². The van der Waals surface area contributed by atoms with Crippen molar-refractivity contribution in [3.63, 3.8) is 0 Å². The molecule has 2 aliphatic heterocycles. The molecule has 1 aromatic carbocycles. The topological polar surface area (TPSA) is 73.0 Å². The summed E-state index contributed by atoms with van der Waals surface area (Å²) in [5.41, 5.74) is 4.88. The summed E-state index contributed by atoms with van der Waals surface area (Å²) in [4.78, 5) is 12.7. The molecule has 0 amide bonds. The van der Waals surface area contributed by atoms with Crippen LogP contribution in [0.3, 0.4) is 0 Å². The lowest BCUT2D eigenvalue weighted by atomic mass is 10.1. The molecule has 0 unspecified atom stereocenters. The highest BCUT2D eigenvalue weighted by molar-refractivity contribution is 8.14. The fourth-order valence-electron chi connectivity index (χ4n) is 2.36. The van der Waals surface area contributed by atoms with Gasteiger partial charge in [0.25, 0.3) is 0 Å². The maximum Gasteiger partial charge on any atom is 0.128 e. The average Bonchev–Trinajstić information content (AvgIpc) is 2.96. The highest BCUT2D eigenvalue weighted by Crippen LogP contribution is 2.18. The van der Waals surface area contributed by atoms with E-state index in [1.807, 2.05) is 5.41 Å². The molecule has 0 saturated carbocycles. The molecular formula is C19H18FN5S. The van der Waals surface area contributed by atoms with E-state index in [-0.39, 0.29) is 11.5 Å². The van der Waals surface area contributed by atoms with E-state index in [4.69, 9.17) is 5.41 Å². The number of halogens is 1. The Balaban J connectivity index is 1.81. The van der Waals surface area contributed by atoms with E-state index in [0.29, 0.717) is 30.9 Å². The van der Waals surface area contributed by atoms with Gasteiger partial charge < -0.3 is 5.32 Å². The van der Waals surface area contributed by atoms with E-state index in [9.17, 15) is 4.39 Å². The quantitative estimate of drug-likeness (QED) is 0.755. The Morgan fingerprint density at radius 2 is 2.15 bits per heavy atom. The second kappa shape index (κ2) is 9.05. The lowest BCUT2D eigenvalue weighted by Crippen LogP contribution is -2.21. The van der Waals surface area contributed by atoms with Crippen molar-refractivity contribution in [2.45, 2.75) is 6.54 Å². The van der Waals surface area contributed by atoms with E-state index < -0.39 is 0 Å². The third-order valence-corrected chi connectivity index (χ3v) is 4.42. The largest absolute Gasteiger partial charge is 0.380 e. The Kier molecular flexibility index (Phi) is 6.27. The van der Waals surface area contributed by atoms with E-state index in [2.05, 4.69) is 20.3 Å². The van der Waals surface area contributed by atoms with Crippen molar-refractivity contribution in [3.8, 4) is 0 Å². The van der Waals surface area contributed by atoms with Crippen LogP contribution in [0, 0.1) is 11.2 Å². The van der Waals surface area contributed by atoms with Gasteiger partial charge in [-0.15, -0.1) is 0 Å². The zero-order valence-electron chi connectivity index (χ0n) is 14.0. The monoisotopic (exact) mass is 367 g/mol. The molecule has 0 atom stereocenters. The molecule has 0 saturated heterocycles. The molecule has 2 N–H and O–H groups in total. The van der Waals surface area contributed by atoms with Crippen LogP contribution in [-0.4, -0.2) is 36.3 Å². The standard InChI is InChI=1S/C19H18FN5S/c20-16-5-2-1-4-14(16)10-25-18(15-9-23-13-26-12-15)8-17(21)19-11-22-6-3-7-24-19/h1-8,12-13,21,25H,9-11H2/b18-8-,21-17?. The van der Waals surface area contributed by atoms with Gasteiger partial charge in [-0.1, -0.05) is 30.0 Å². The zero-order chi connectivity index (χ0) is 18.2. The van der Waals surface area contributed by atoms with Gasteiger partial charge in [0.05, 0.1) is 30.1 Å². The van der Waals surface area contributed by atoms with Crippen molar-refractivity contribution in [3.05, 3.63) is 70.7 Å². The van der Waals surface area contributed by atoms with Gasteiger partial charge in [-0.25, -0.2) is 4.39 Å². The Morgan fingerprint density at radius 1 is 1.27 bits per heavy atom. The highest BCUT2D eigenvalue weighted by Gasteiger charge is 2.12. The van der Waals surface area contributed by atoms with Crippen molar-refractivity contribution in [1.29, 1.82) is 5.41 Å². The highest BCUT2D eigenvalue weighted by atomic mass is 32.2. The second-order valence-electron chi connectivity index (χ2n) is 5.55. The van der Waals surface area contributed by atoms with Crippen LogP contribution >= 0.6 is 11.8 Å². The van der Waals surface area contributed by atoms with Crippen molar-refractivity contribution < 1.29 is 4.39 Å². The Hall–Kier alpha value is -2.80. The molecule has 3 rings (SSSR count). The Labute approximate surface area is 155 Å². The summed E-state index contributed by atoms with van der Waals surface area (Å²) in [6.45, 7) is 1.19. The number of allylic oxidation sites excluding steroid dienone is 2. The summed E-state index contributed by atoms with van der Waals surface area (Å²) in [6, 6.07) is 6.64. The number of hydrogen-bond acceptors (Lipinski definition) is 6. The molecule has 26 heavy (non-hydrogen) atoms. The van der Waals surface area contributed by atoms with Crippen LogP contribution in [0.4, 0.5) is 4.39 Å². The second-order valence-corrected chi connectivity index (χ2v) is 6.27. The first-order chi connectivity index (χ1) is 12.7. The third kappa shape index (κ3) is 4.86. The molecule has 0 radical (unpaired) electrons. The van der Waals surface area contributed by atoms with Gasteiger partial charge in [-0.05, 0) is 23.6 Å². The van der Waals surface area contributed by atoms with Crippen LogP contribution in [0.15, 0.2) is 74.3 Å². The molecule has 5 nitrogen and oxygen atoms in total. The van der Waals surface area contributed by atoms with Gasteiger partial charge in [-0.2, -0.15) is 0 Å². The first kappa shape index (κ1) is 18.0. The SMILES string of the molecule is N=C(/C=C(\NCc1ccccc1F)C1=CSC=NC1)C1=NC=CC=NC1. The van der Waals surface area contributed by atoms with Crippen LogP contribution < -0.4 is 5.32 Å². The van der Waals surface area contributed by atoms with Gasteiger partial charge in [0.1, 0.15) is 5.82 Å². The van der Waals surface area contributed by atoms with Crippen LogP contribution in [0.5, 0.6) is 0 Å². The number of benzene rings is 1.